The predicted molar refractivity (Wildman–Crippen MR) is 108 cm³/mol. The van der Waals surface area contributed by atoms with Crippen molar-refractivity contribution in [1.82, 2.24) is 19.5 Å². The van der Waals surface area contributed by atoms with Crippen molar-refractivity contribution in [3.05, 3.63) is 72.8 Å². The van der Waals surface area contributed by atoms with Crippen molar-refractivity contribution in [2.45, 2.75) is 32.0 Å². The molecule has 0 aliphatic carbocycles. The third kappa shape index (κ3) is 4.16. The van der Waals surface area contributed by atoms with Crippen LogP contribution in [-0.4, -0.2) is 31.6 Å². The van der Waals surface area contributed by atoms with Crippen LogP contribution in [0.4, 0.5) is 13.2 Å². The number of nitrogens with zero attached hydrogens (tertiary/aromatic N) is 4. The van der Waals surface area contributed by atoms with Gasteiger partial charge in [-0.15, -0.1) is 0 Å². The Hall–Kier alpha value is -3.62. The summed E-state index contributed by atoms with van der Waals surface area (Å²) < 4.78 is 40.3. The van der Waals surface area contributed by atoms with E-state index in [1.807, 2.05) is 29.1 Å². The smallest absolute Gasteiger partial charge is 0.326 e. The van der Waals surface area contributed by atoms with E-state index >= 15 is 0 Å². The van der Waals surface area contributed by atoms with Crippen molar-refractivity contribution in [1.29, 1.82) is 0 Å². The van der Waals surface area contributed by atoms with Crippen molar-refractivity contribution >= 4 is 17.0 Å². The fraction of sp³-hybridized carbons (Fsp3) is 0.227. The fourth-order valence-corrected chi connectivity index (χ4v) is 3.53. The molecule has 0 radical (unpaired) electrons. The molecule has 31 heavy (non-hydrogen) atoms. The van der Waals surface area contributed by atoms with Gasteiger partial charge < -0.3 is 4.84 Å². The highest BCUT2D eigenvalue weighted by atomic mass is 19.4. The second kappa shape index (κ2) is 8.25. The summed E-state index contributed by atoms with van der Waals surface area (Å²) in [5.41, 5.74) is 2.76. The Bertz CT molecular complexity index is 1200. The minimum atomic E-state index is -5.10. The average molecular weight is 428 g/mol. The highest BCUT2D eigenvalue weighted by molar-refractivity contribution is 5.93. The first-order valence-corrected chi connectivity index (χ1v) is 9.73. The molecule has 0 N–H and O–H groups in total. The maximum Gasteiger partial charge on any atom is 0.493 e. The molecule has 9 heteroatoms. The molecule has 0 fully saturated rings. The molecule has 0 aliphatic heterocycles. The molecule has 160 valence electrons. The summed E-state index contributed by atoms with van der Waals surface area (Å²) in [6.45, 7) is 2.11. The summed E-state index contributed by atoms with van der Waals surface area (Å²) in [6.07, 6.45) is 3.08. The van der Waals surface area contributed by atoms with Crippen LogP contribution in [0.5, 0.6) is 0 Å². The molecule has 0 bridgehead atoms. The number of hydrogen-bond donors (Lipinski definition) is 0. The second-order valence-corrected chi connectivity index (χ2v) is 7.04. The lowest BCUT2D eigenvalue weighted by Gasteiger charge is -2.17. The molecule has 3 heterocycles. The summed E-state index contributed by atoms with van der Waals surface area (Å²) in [5, 5.41) is 5.08. The Morgan fingerprint density at radius 2 is 1.94 bits per heavy atom. The van der Waals surface area contributed by atoms with Crippen LogP contribution in [-0.2, 0) is 4.79 Å². The van der Waals surface area contributed by atoms with Gasteiger partial charge in [0, 0.05) is 29.5 Å². The van der Waals surface area contributed by atoms with Gasteiger partial charge in [-0.3, -0.25) is 4.68 Å². The lowest BCUT2D eigenvalue weighted by Crippen LogP contribution is -2.33. The van der Waals surface area contributed by atoms with Crippen LogP contribution in [0.1, 0.15) is 31.4 Å². The molecule has 0 unspecified atom stereocenters. The van der Waals surface area contributed by atoms with Crippen molar-refractivity contribution in [3.63, 3.8) is 0 Å². The van der Waals surface area contributed by atoms with Gasteiger partial charge in [0.15, 0.2) is 5.65 Å². The average Bonchev–Trinajstić information content (AvgIpc) is 3.39. The normalized spacial score (nSPS) is 12.8. The van der Waals surface area contributed by atoms with Crippen molar-refractivity contribution in [2.75, 3.05) is 0 Å². The van der Waals surface area contributed by atoms with Crippen molar-refractivity contribution in [2.24, 2.45) is 0 Å². The van der Waals surface area contributed by atoms with Gasteiger partial charge in [-0.2, -0.15) is 23.0 Å². The van der Waals surface area contributed by atoms with Crippen LogP contribution in [0.15, 0.2) is 67.3 Å². The maximum absolute atomic E-state index is 12.5. The lowest BCUT2D eigenvalue weighted by molar-refractivity contribution is -0.199. The molecule has 0 spiro atoms. The van der Waals surface area contributed by atoms with Gasteiger partial charge in [0.1, 0.15) is 0 Å². The first-order chi connectivity index (χ1) is 14.9. The van der Waals surface area contributed by atoms with Crippen LogP contribution in [0, 0.1) is 0 Å². The molecule has 6 nitrogen and oxygen atoms in total. The second-order valence-electron chi connectivity index (χ2n) is 7.04. The molecule has 4 rings (SSSR count). The maximum atomic E-state index is 12.5. The SMILES string of the molecule is CCC[C@H](c1ccccc1)n1cc(-c2ccnc3c2ccn3OC(=O)C(F)(F)F)cn1. The molecule has 0 saturated heterocycles. The predicted octanol–water partition coefficient (Wildman–Crippen LogP) is 4.81. The van der Waals surface area contributed by atoms with Crippen LogP contribution < -0.4 is 4.84 Å². The van der Waals surface area contributed by atoms with Gasteiger partial charge in [-0.25, -0.2) is 9.78 Å². The third-order valence-corrected chi connectivity index (χ3v) is 4.95. The Kier molecular flexibility index (Phi) is 5.50. The van der Waals surface area contributed by atoms with E-state index < -0.39 is 12.1 Å². The molecule has 1 atom stereocenters. The largest absolute Gasteiger partial charge is 0.493 e. The summed E-state index contributed by atoms with van der Waals surface area (Å²) in [7, 11) is 0. The summed E-state index contributed by atoms with van der Waals surface area (Å²) in [6, 6.07) is 13.4. The zero-order valence-electron chi connectivity index (χ0n) is 16.6. The molecule has 1 aromatic carbocycles. The number of alkyl halides is 3. The van der Waals surface area contributed by atoms with Gasteiger partial charge in [0.05, 0.1) is 12.2 Å². The Morgan fingerprint density at radius 3 is 2.65 bits per heavy atom. The highest BCUT2D eigenvalue weighted by Gasteiger charge is 2.42. The van der Waals surface area contributed by atoms with Crippen molar-refractivity contribution in [3.8, 4) is 11.1 Å². The Morgan fingerprint density at radius 1 is 1.16 bits per heavy atom. The molecule has 3 aromatic heterocycles. The molecular weight excluding hydrogens is 409 g/mol. The zero-order chi connectivity index (χ0) is 22.0. The van der Waals surface area contributed by atoms with Gasteiger partial charge in [0.25, 0.3) is 0 Å². The van der Waals surface area contributed by atoms with Crippen LogP contribution in [0.25, 0.3) is 22.2 Å². The van der Waals surface area contributed by atoms with E-state index in [1.54, 1.807) is 18.3 Å². The number of rotatable bonds is 6. The topological polar surface area (TPSA) is 61.9 Å². The number of fused-ring (bicyclic) bond motifs is 1. The fourth-order valence-electron chi connectivity index (χ4n) is 3.53. The summed E-state index contributed by atoms with van der Waals surface area (Å²) in [5.74, 6) is -2.31. The zero-order valence-corrected chi connectivity index (χ0v) is 16.6. The Labute approximate surface area is 175 Å². The first-order valence-electron chi connectivity index (χ1n) is 9.73. The van der Waals surface area contributed by atoms with E-state index in [-0.39, 0.29) is 11.7 Å². The number of halogens is 3. The van der Waals surface area contributed by atoms with Gasteiger partial charge in [-0.05, 0) is 29.7 Å². The quantitative estimate of drug-likeness (QED) is 0.442. The number of aromatic nitrogens is 4. The van der Waals surface area contributed by atoms with Gasteiger partial charge in [0.2, 0.25) is 0 Å². The third-order valence-electron chi connectivity index (χ3n) is 4.95. The standard InChI is InChI=1S/C22H19F3N4O2/c1-2-6-19(15-7-4-3-5-8-15)28-14-16(13-27-28)17-9-11-26-20-18(17)10-12-29(20)31-21(30)22(23,24)25/h3-5,7-14,19H,2,6H2,1H3/t19-/m1/s1. The number of carbonyl (C=O) groups excluding carboxylic acids is 1. The van der Waals surface area contributed by atoms with Crippen LogP contribution in [0.2, 0.25) is 0 Å². The molecule has 0 amide bonds. The van der Waals surface area contributed by atoms with E-state index in [0.29, 0.717) is 5.39 Å². The first kappa shape index (κ1) is 20.6. The van der Waals surface area contributed by atoms with Crippen LogP contribution >= 0.6 is 0 Å². The summed E-state index contributed by atoms with van der Waals surface area (Å²) in [4.78, 5) is 19.7. The number of carbonyl (C=O) groups is 1. The van der Waals surface area contributed by atoms with E-state index in [4.69, 9.17) is 0 Å². The van der Waals surface area contributed by atoms with E-state index in [2.05, 4.69) is 34.0 Å². The van der Waals surface area contributed by atoms with E-state index in [9.17, 15) is 18.0 Å². The van der Waals surface area contributed by atoms with Gasteiger partial charge >= 0.3 is 12.1 Å². The van der Waals surface area contributed by atoms with Crippen LogP contribution in [0.3, 0.4) is 0 Å². The molecular formula is C22H19F3N4O2. The number of hydrogen-bond acceptors (Lipinski definition) is 4. The Balaban J connectivity index is 1.69. The monoisotopic (exact) mass is 428 g/mol. The number of pyridine rings is 1. The van der Waals surface area contributed by atoms with Gasteiger partial charge in [-0.1, -0.05) is 43.7 Å². The molecule has 4 aromatic rings. The van der Waals surface area contributed by atoms with Crippen molar-refractivity contribution < 1.29 is 22.8 Å². The number of benzene rings is 1. The minimum absolute atomic E-state index is 0.0645. The lowest BCUT2D eigenvalue weighted by atomic mass is 10.0. The molecule has 0 saturated carbocycles. The highest BCUT2D eigenvalue weighted by Crippen LogP contribution is 2.30. The van der Waals surface area contributed by atoms with E-state index in [0.717, 1.165) is 34.3 Å². The molecule has 0 aliphatic rings. The summed E-state index contributed by atoms with van der Waals surface area (Å²) >= 11 is 0. The van der Waals surface area contributed by atoms with E-state index in [1.165, 1.54) is 12.4 Å². The minimum Gasteiger partial charge on any atom is -0.326 e.